The molecule has 0 radical (unpaired) electrons. The Morgan fingerprint density at radius 1 is 1.19 bits per heavy atom. The van der Waals surface area contributed by atoms with Crippen LogP contribution < -0.4 is 0 Å². The van der Waals surface area contributed by atoms with E-state index in [1.807, 2.05) is 19.9 Å². The number of carbonyl (C=O) groups is 2. The van der Waals surface area contributed by atoms with Crippen molar-refractivity contribution in [1.29, 1.82) is 0 Å². The molecule has 8 heteroatoms. The minimum Gasteiger partial charge on any atom is -0.333 e. The number of rotatable bonds is 5. The summed E-state index contributed by atoms with van der Waals surface area (Å²) >= 11 is 0. The largest absolute Gasteiger partial charge is 0.333 e. The number of carbonyl (C=O) groups excluding carboxylic acids is 2. The summed E-state index contributed by atoms with van der Waals surface area (Å²) in [4.78, 5) is 29.6. The van der Waals surface area contributed by atoms with Crippen LogP contribution in [0.3, 0.4) is 0 Å². The van der Waals surface area contributed by atoms with Crippen molar-refractivity contribution in [3.63, 3.8) is 0 Å². The average Bonchev–Trinajstić information content (AvgIpc) is 3.11. The third kappa shape index (κ3) is 4.06. The van der Waals surface area contributed by atoms with Gasteiger partial charge in [-0.1, -0.05) is 26.3 Å². The molecule has 0 saturated carbocycles. The number of hydrogen-bond donors (Lipinski definition) is 0. The molecule has 0 bridgehead atoms. The van der Waals surface area contributed by atoms with E-state index >= 15 is 0 Å². The third-order valence-electron chi connectivity index (χ3n) is 6.02. The van der Waals surface area contributed by atoms with Crippen molar-refractivity contribution in [3.8, 4) is 0 Å². The molecule has 7 nitrogen and oxygen atoms in total. The first-order valence-corrected chi connectivity index (χ1v) is 11.8. The molecule has 0 aromatic carbocycles. The highest BCUT2D eigenvalue weighted by molar-refractivity contribution is 7.88. The molecule has 3 atom stereocenters. The zero-order valence-electron chi connectivity index (χ0n) is 16.5. The molecule has 3 aliphatic rings. The number of sulfonamides is 1. The lowest BCUT2D eigenvalue weighted by Gasteiger charge is -2.28. The number of amides is 2. The van der Waals surface area contributed by atoms with Gasteiger partial charge in [-0.2, -0.15) is 0 Å². The van der Waals surface area contributed by atoms with Crippen LogP contribution in [-0.4, -0.2) is 78.9 Å². The highest BCUT2D eigenvalue weighted by atomic mass is 32.2. The summed E-state index contributed by atoms with van der Waals surface area (Å²) in [7, 11) is -3.63. The lowest BCUT2D eigenvalue weighted by Crippen LogP contribution is -2.43. The minimum atomic E-state index is -3.63. The summed E-state index contributed by atoms with van der Waals surface area (Å²) in [5.74, 6) is -0.972. The molecule has 3 rings (SSSR count). The van der Waals surface area contributed by atoms with Gasteiger partial charge in [0, 0.05) is 19.2 Å². The van der Waals surface area contributed by atoms with Gasteiger partial charge in [-0.25, -0.2) is 12.7 Å². The lowest BCUT2D eigenvalue weighted by molar-refractivity contribution is -0.131. The normalized spacial score (nSPS) is 29.9. The molecular formula is C19H31N3O4S. The molecular weight excluding hydrogens is 366 g/mol. The molecule has 2 amide bonds. The Morgan fingerprint density at radius 3 is 2.44 bits per heavy atom. The molecule has 0 N–H and O–H groups in total. The Balaban J connectivity index is 1.73. The van der Waals surface area contributed by atoms with Gasteiger partial charge in [0.05, 0.1) is 24.3 Å². The van der Waals surface area contributed by atoms with Gasteiger partial charge in [0.2, 0.25) is 21.8 Å². The maximum Gasteiger partial charge on any atom is 0.246 e. The van der Waals surface area contributed by atoms with Gasteiger partial charge in [0.25, 0.3) is 0 Å². The fourth-order valence-corrected chi connectivity index (χ4v) is 6.00. The Kier molecular flexibility index (Phi) is 5.96. The number of nitrogens with zero attached hydrogens (tertiary/aromatic N) is 3. The maximum atomic E-state index is 12.8. The Bertz CT molecular complexity index is 712. The fraction of sp³-hybridized carbons (Fsp3) is 0.789. The van der Waals surface area contributed by atoms with Crippen LogP contribution in [0.5, 0.6) is 0 Å². The number of hydrogen-bond acceptors (Lipinski definition) is 5. The second-order valence-corrected chi connectivity index (χ2v) is 10.2. The van der Waals surface area contributed by atoms with E-state index in [-0.39, 0.29) is 23.8 Å². The number of likely N-dealkylation sites (tertiary alicyclic amines) is 2. The predicted molar refractivity (Wildman–Crippen MR) is 103 cm³/mol. The smallest absolute Gasteiger partial charge is 0.246 e. The van der Waals surface area contributed by atoms with E-state index in [0.29, 0.717) is 13.0 Å². The summed E-state index contributed by atoms with van der Waals surface area (Å²) in [5, 5.41) is 0. The monoisotopic (exact) mass is 397 g/mol. The third-order valence-corrected chi connectivity index (χ3v) is 7.19. The zero-order chi connectivity index (χ0) is 19.8. The van der Waals surface area contributed by atoms with E-state index in [0.717, 1.165) is 30.2 Å². The molecule has 3 unspecified atom stereocenters. The first-order chi connectivity index (χ1) is 12.7. The van der Waals surface area contributed by atoms with Crippen LogP contribution in [0, 0.1) is 11.8 Å². The molecule has 152 valence electrons. The highest BCUT2D eigenvalue weighted by Crippen LogP contribution is 2.41. The molecule has 0 aliphatic carbocycles. The molecule has 27 heavy (non-hydrogen) atoms. The van der Waals surface area contributed by atoms with Crippen molar-refractivity contribution in [3.05, 3.63) is 12.2 Å². The molecule has 3 fully saturated rings. The summed E-state index contributed by atoms with van der Waals surface area (Å²) in [6, 6.07) is -0.793. The van der Waals surface area contributed by atoms with Gasteiger partial charge in [-0.15, -0.1) is 0 Å². The maximum absolute atomic E-state index is 12.8. The Labute approximate surface area is 162 Å². The minimum absolute atomic E-state index is 0.0255. The van der Waals surface area contributed by atoms with E-state index < -0.39 is 22.0 Å². The highest BCUT2D eigenvalue weighted by Gasteiger charge is 2.58. The first-order valence-electron chi connectivity index (χ1n) is 9.94. The number of fused-ring (bicyclic) bond motifs is 1. The molecule has 0 aromatic rings. The SMILES string of the molecule is CC(C)C1C(=O)N(S(C)(=O)=O)C2CCN(C(=O)C=CCN3CCCCC3)C12. The van der Waals surface area contributed by atoms with Gasteiger partial charge in [0.15, 0.2) is 0 Å². The van der Waals surface area contributed by atoms with E-state index in [2.05, 4.69) is 4.90 Å². The average molecular weight is 398 g/mol. The summed E-state index contributed by atoms with van der Waals surface area (Å²) in [5.41, 5.74) is 0. The van der Waals surface area contributed by atoms with Crippen LogP contribution in [0.2, 0.25) is 0 Å². The predicted octanol–water partition coefficient (Wildman–Crippen LogP) is 1.07. The Morgan fingerprint density at radius 2 is 1.85 bits per heavy atom. The molecule has 0 spiro atoms. The first kappa shape index (κ1) is 20.3. The zero-order valence-corrected chi connectivity index (χ0v) is 17.3. The van der Waals surface area contributed by atoms with Gasteiger partial charge >= 0.3 is 0 Å². The van der Waals surface area contributed by atoms with Crippen LogP contribution in [0.25, 0.3) is 0 Å². The van der Waals surface area contributed by atoms with E-state index in [1.165, 1.54) is 19.3 Å². The van der Waals surface area contributed by atoms with E-state index in [9.17, 15) is 18.0 Å². The standard InChI is InChI=1S/C19H31N3O4S/c1-14(2)17-18-15(22(19(17)24)27(3,25)26)9-13-21(18)16(23)8-7-12-20-10-5-4-6-11-20/h7-8,14-15,17-18H,4-6,9-13H2,1-3H3. The summed E-state index contributed by atoms with van der Waals surface area (Å²) in [6.45, 7) is 7.22. The van der Waals surface area contributed by atoms with Crippen molar-refractivity contribution >= 4 is 21.8 Å². The van der Waals surface area contributed by atoms with Crippen LogP contribution in [0.15, 0.2) is 12.2 Å². The quantitative estimate of drug-likeness (QED) is 0.649. The van der Waals surface area contributed by atoms with Gasteiger partial charge in [0.1, 0.15) is 0 Å². The van der Waals surface area contributed by atoms with Crippen molar-refractivity contribution < 1.29 is 18.0 Å². The molecule has 3 saturated heterocycles. The summed E-state index contributed by atoms with van der Waals surface area (Å²) in [6.07, 6.45) is 8.77. The second kappa shape index (κ2) is 7.91. The van der Waals surface area contributed by atoms with Crippen molar-refractivity contribution in [2.45, 2.75) is 51.6 Å². The van der Waals surface area contributed by atoms with Crippen molar-refractivity contribution in [2.75, 3.05) is 32.4 Å². The topological polar surface area (TPSA) is 78.0 Å². The lowest BCUT2D eigenvalue weighted by atomic mass is 9.88. The molecule has 0 aromatic heterocycles. The van der Waals surface area contributed by atoms with Crippen LogP contribution in [0.1, 0.15) is 39.5 Å². The van der Waals surface area contributed by atoms with Gasteiger partial charge in [-0.3, -0.25) is 14.5 Å². The molecule has 3 heterocycles. The van der Waals surface area contributed by atoms with Crippen LogP contribution in [-0.2, 0) is 19.6 Å². The van der Waals surface area contributed by atoms with E-state index in [4.69, 9.17) is 0 Å². The van der Waals surface area contributed by atoms with Gasteiger partial charge < -0.3 is 4.90 Å². The van der Waals surface area contributed by atoms with E-state index in [1.54, 1.807) is 11.0 Å². The van der Waals surface area contributed by atoms with Crippen molar-refractivity contribution in [1.82, 2.24) is 14.1 Å². The van der Waals surface area contributed by atoms with Crippen LogP contribution in [0.4, 0.5) is 0 Å². The van der Waals surface area contributed by atoms with Crippen molar-refractivity contribution in [2.24, 2.45) is 11.8 Å². The summed E-state index contributed by atoms with van der Waals surface area (Å²) < 4.78 is 25.4. The van der Waals surface area contributed by atoms with Gasteiger partial charge in [-0.05, 0) is 38.3 Å². The fourth-order valence-electron chi connectivity index (χ4n) is 4.83. The number of piperidine rings is 1. The van der Waals surface area contributed by atoms with Crippen LogP contribution >= 0.6 is 0 Å². The molecule has 3 aliphatic heterocycles. The Hall–Kier alpha value is -1.41. The second-order valence-electron chi connectivity index (χ2n) is 8.31.